The second-order valence-electron chi connectivity index (χ2n) is 6.10. The van der Waals surface area contributed by atoms with Crippen LogP contribution in [0.1, 0.15) is 40.5 Å². The number of likely N-dealkylation sites (tertiary alicyclic amines) is 1. The highest BCUT2D eigenvalue weighted by atomic mass is 16.5. The molecule has 106 valence electrons. The summed E-state index contributed by atoms with van der Waals surface area (Å²) in [4.78, 5) is 16.2. The van der Waals surface area contributed by atoms with E-state index in [1.165, 1.54) is 19.4 Å². The van der Waals surface area contributed by atoms with Gasteiger partial charge < -0.3 is 9.64 Å². The van der Waals surface area contributed by atoms with Crippen molar-refractivity contribution in [2.24, 2.45) is 0 Å². The maximum atomic E-state index is 12.0. The van der Waals surface area contributed by atoms with Crippen molar-refractivity contribution in [3.05, 3.63) is 0 Å². The van der Waals surface area contributed by atoms with E-state index < -0.39 is 0 Å². The zero-order valence-corrected chi connectivity index (χ0v) is 12.5. The Morgan fingerprint density at radius 3 is 2.67 bits per heavy atom. The highest BCUT2D eigenvalue weighted by Gasteiger charge is 2.25. The molecule has 1 fully saturated rings. The molecular weight excluding hydrogens is 228 g/mol. The quantitative estimate of drug-likeness (QED) is 0.751. The molecule has 1 heterocycles. The summed E-state index contributed by atoms with van der Waals surface area (Å²) in [5, 5.41) is 0. The van der Waals surface area contributed by atoms with Crippen LogP contribution in [0.4, 0.5) is 0 Å². The molecule has 0 aromatic heterocycles. The van der Waals surface area contributed by atoms with Crippen LogP contribution in [0, 0.1) is 0 Å². The second-order valence-corrected chi connectivity index (χ2v) is 6.10. The monoisotopic (exact) mass is 256 g/mol. The SMILES string of the molecule is CCN1CCCC1CN(C)C(=O)COC(C)(C)C. The van der Waals surface area contributed by atoms with Gasteiger partial charge in [-0.2, -0.15) is 0 Å². The van der Waals surface area contributed by atoms with Gasteiger partial charge in [-0.15, -0.1) is 0 Å². The van der Waals surface area contributed by atoms with Crippen LogP contribution >= 0.6 is 0 Å². The van der Waals surface area contributed by atoms with E-state index in [0.29, 0.717) is 6.04 Å². The van der Waals surface area contributed by atoms with Crippen molar-refractivity contribution in [2.75, 3.05) is 33.3 Å². The summed E-state index contributed by atoms with van der Waals surface area (Å²) in [6.07, 6.45) is 2.45. The topological polar surface area (TPSA) is 32.8 Å². The molecule has 1 amide bonds. The minimum absolute atomic E-state index is 0.0767. The van der Waals surface area contributed by atoms with E-state index in [1.807, 2.05) is 32.7 Å². The smallest absolute Gasteiger partial charge is 0.248 e. The molecule has 4 heteroatoms. The van der Waals surface area contributed by atoms with Crippen molar-refractivity contribution < 1.29 is 9.53 Å². The Labute approximate surface area is 111 Å². The normalized spacial score (nSPS) is 21.3. The fraction of sp³-hybridized carbons (Fsp3) is 0.929. The summed E-state index contributed by atoms with van der Waals surface area (Å²) in [6, 6.07) is 0.526. The van der Waals surface area contributed by atoms with Crippen LogP contribution in [-0.4, -0.2) is 60.6 Å². The summed E-state index contributed by atoms with van der Waals surface area (Å²) in [6.45, 7) is 11.3. The molecule has 0 aromatic carbocycles. The third kappa shape index (κ3) is 4.94. The van der Waals surface area contributed by atoms with E-state index in [9.17, 15) is 4.79 Å². The second kappa shape index (κ2) is 6.53. The molecular formula is C14H28N2O2. The molecule has 1 atom stereocenters. The van der Waals surface area contributed by atoms with Crippen LogP contribution in [0.2, 0.25) is 0 Å². The van der Waals surface area contributed by atoms with E-state index in [4.69, 9.17) is 4.74 Å². The van der Waals surface area contributed by atoms with Crippen LogP contribution in [0.25, 0.3) is 0 Å². The first kappa shape index (κ1) is 15.4. The fourth-order valence-corrected chi connectivity index (χ4v) is 2.32. The van der Waals surface area contributed by atoms with Gasteiger partial charge in [0.15, 0.2) is 0 Å². The Kier molecular flexibility index (Phi) is 5.60. The Bertz CT molecular complexity index is 273. The van der Waals surface area contributed by atoms with E-state index in [-0.39, 0.29) is 18.1 Å². The van der Waals surface area contributed by atoms with Gasteiger partial charge in [-0.25, -0.2) is 0 Å². The number of amides is 1. The molecule has 0 radical (unpaired) electrons. The largest absolute Gasteiger partial charge is 0.366 e. The van der Waals surface area contributed by atoms with Gasteiger partial charge in [0.2, 0.25) is 5.91 Å². The minimum atomic E-state index is -0.251. The standard InChI is InChI=1S/C14H28N2O2/c1-6-16-9-7-8-12(16)10-15(5)13(17)11-18-14(2,3)4/h12H,6-11H2,1-5H3. The summed E-state index contributed by atoms with van der Waals surface area (Å²) < 4.78 is 5.53. The first-order chi connectivity index (χ1) is 8.33. The summed E-state index contributed by atoms with van der Waals surface area (Å²) in [5.41, 5.74) is -0.251. The molecule has 4 nitrogen and oxygen atoms in total. The van der Waals surface area contributed by atoms with E-state index >= 15 is 0 Å². The zero-order valence-electron chi connectivity index (χ0n) is 12.5. The van der Waals surface area contributed by atoms with Crippen LogP contribution in [0.15, 0.2) is 0 Å². The van der Waals surface area contributed by atoms with Crippen LogP contribution in [-0.2, 0) is 9.53 Å². The van der Waals surface area contributed by atoms with Crippen molar-refractivity contribution in [1.82, 2.24) is 9.80 Å². The van der Waals surface area contributed by atoms with Gasteiger partial charge >= 0.3 is 0 Å². The number of carbonyl (C=O) groups excluding carboxylic acids is 1. The Morgan fingerprint density at radius 1 is 1.44 bits per heavy atom. The van der Waals surface area contributed by atoms with Gasteiger partial charge in [-0.3, -0.25) is 9.69 Å². The summed E-state index contributed by atoms with van der Waals surface area (Å²) in [7, 11) is 1.88. The van der Waals surface area contributed by atoms with Crippen molar-refractivity contribution >= 4 is 5.91 Å². The number of nitrogens with zero attached hydrogens (tertiary/aromatic N) is 2. The van der Waals surface area contributed by atoms with Gasteiger partial charge in [0.25, 0.3) is 0 Å². The lowest BCUT2D eigenvalue weighted by Crippen LogP contribution is -2.43. The predicted octanol–water partition coefficient (Wildman–Crippen LogP) is 1.74. The first-order valence-electron chi connectivity index (χ1n) is 6.95. The van der Waals surface area contributed by atoms with Crippen LogP contribution in [0.5, 0.6) is 0 Å². The van der Waals surface area contributed by atoms with Gasteiger partial charge in [-0.1, -0.05) is 6.92 Å². The number of carbonyl (C=O) groups is 1. The lowest BCUT2D eigenvalue weighted by Gasteiger charge is -2.28. The molecule has 1 aliphatic heterocycles. The lowest BCUT2D eigenvalue weighted by molar-refractivity contribution is -0.140. The predicted molar refractivity (Wildman–Crippen MR) is 73.6 cm³/mol. The third-order valence-corrected chi connectivity index (χ3v) is 3.44. The highest BCUT2D eigenvalue weighted by Crippen LogP contribution is 2.17. The molecule has 18 heavy (non-hydrogen) atoms. The lowest BCUT2D eigenvalue weighted by atomic mass is 10.2. The molecule has 1 rings (SSSR count). The number of hydrogen-bond acceptors (Lipinski definition) is 3. The number of likely N-dealkylation sites (N-methyl/N-ethyl adjacent to an activating group) is 2. The molecule has 0 aromatic rings. The Morgan fingerprint density at radius 2 is 2.11 bits per heavy atom. The molecule has 0 bridgehead atoms. The summed E-state index contributed by atoms with van der Waals surface area (Å²) in [5.74, 6) is 0.0767. The zero-order chi connectivity index (χ0) is 13.8. The maximum Gasteiger partial charge on any atom is 0.248 e. The van der Waals surface area contributed by atoms with Crippen LogP contribution in [0.3, 0.4) is 0 Å². The molecule has 0 aliphatic carbocycles. The van der Waals surface area contributed by atoms with Crippen molar-refractivity contribution in [2.45, 2.75) is 52.2 Å². The maximum absolute atomic E-state index is 12.0. The average Bonchev–Trinajstić information content (AvgIpc) is 2.72. The van der Waals surface area contributed by atoms with Crippen molar-refractivity contribution in [3.8, 4) is 0 Å². The highest BCUT2D eigenvalue weighted by molar-refractivity contribution is 5.77. The fourth-order valence-electron chi connectivity index (χ4n) is 2.32. The third-order valence-electron chi connectivity index (χ3n) is 3.44. The van der Waals surface area contributed by atoms with Crippen molar-refractivity contribution in [1.29, 1.82) is 0 Å². The minimum Gasteiger partial charge on any atom is -0.366 e. The number of ether oxygens (including phenoxy) is 1. The van der Waals surface area contributed by atoms with Gasteiger partial charge in [-0.05, 0) is 46.7 Å². The average molecular weight is 256 g/mol. The van der Waals surface area contributed by atoms with Gasteiger partial charge in [0.1, 0.15) is 6.61 Å². The van der Waals surface area contributed by atoms with E-state index in [0.717, 1.165) is 13.1 Å². The van der Waals surface area contributed by atoms with Gasteiger partial charge in [0.05, 0.1) is 5.60 Å². The number of rotatable bonds is 5. The molecule has 0 N–H and O–H groups in total. The Balaban J connectivity index is 2.35. The first-order valence-corrected chi connectivity index (χ1v) is 6.95. The summed E-state index contributed by atoms with van der Waals surface area (Å²) >= 11 is 0. The van der Waals surface area contributed by atoms with Crippen molar-refractivity contribution in [3.63, 3.8) is 0 Å². The van der Waals surface area contributed by atoms with Crippen LogP contribution < -0.4 is 0 Å². The number of hydrogen-bond donors (Lipinski definition) is 0. The Hall–Kier alpha value is -0.610. The molecule has 1 aliphatic rings. The molecule has 0 spiro atoms. The molecule has 1 unspecified atom stereocenters. The van der Waals surface area contributed by atoms with E-state index in [1.54, 1.807) is 0 Å². The molecule has 0 saturated carbocycles. The van der Waals surface area contributed by atoms with E-state index in [2.05, 4.69) is 11.8 Å². The molecule has 1 saturated heterocycles. The van der Waals surface area contributed by atoms with Gasteiger partial charge in [0, 0.05) is 19.6 Å².